The zero-order chi connectivity index (χ0) is 33.4. The first-order chi connectivity index (χ1) is 21.4. The Balaban J connectivity index is 1.51. The Hall–Kier alpha value is -2.04. The van der Waals surface area contributed by atoms with Crippen molar-refractivity contribution in [3.63, 3.8) is 0 Å². The quantitative estimate of drug-likeness (QED) is 0.130. The van der Waals surface area contributed by atoms with E-state index in [0.29, 0.717) is 0 Å². The van der Waals surface area contributed by atoms with E-state index >= 15 is 0 Å². The van der Waals surface area contributed by atoms with Gasteiger partial charge in [0.1, 0.15) is 0 Å². The van der Waals surface area contributed by atoms with Gasteiger partial charge < -0.3 is 0 Å². The van der Waals surface area contributed by atoms with E-state index in [9.17, 15) is 0 Å². The van der Waals surface area contributed by atoms with Crippen molar-refractivity contribution in [2.24, 2.45) is 0 Å². The van der Waals surface area contributed by atoms with Crippen molar-refractivity contribution in [1.29, 1.82) is 0 Å². The van der Waals surface area contributed by atoms with Crippen molar-refractivity contribution in [3.05, 3.63) is 118 Å². The molecular formula is C40H49Cl2N2SiZr+2. The van der Waals surface area contributed by atoms with E-state index in [-0.39, 0.29) is 7.25 Å². The average molecular weight is 748 g/mol. The number of fused-ring (bicyclic) bond motifs is 2. The van der Waals surface area contributed by atoms with Gasteiger partial charge in [0.15, 0.2) is 0 Å². The number of hydrogen-bond donors (Lipinski definition) is 0. The van der Waals surface area contributed by atoms with Crippen molar-refractivity contribution in [1.82, 2.24) is 8.97 Å². The molecule has 0 heterocycles. The Morgan fingerprint density at radius 3 is 1.28 bits per heavy atom. The fourth-order valence-electron chi connectivity index (χ4n) is 8.09. The van der Waals surface area contributed by atoms with Gasteiger partial charge in [-0.2, -0.15) is 0 Å². The van der Waals surface area contributed by atoms with Crippen LogP contribution in [0.2, 0.25) is 13.1 Å². The third-order valence-corrected chi connectivity index (χ3v) is 62.9. The van der Waals surface area contributed by atoms with Gasteiger partial charge in [-0.25, -0.2) is 0 Å². The van der Waals surface area contributed by atoms with Crippen LogP contribution in [0.3, 0.4) is 0 Å². The van der Waals surface area contributed by atoms with Crippen LogP contribution in [0.5, 0.6) is 0 Å². The van der Waals surface area contributed by atoms with Gasteiger partial charge in [-0.3, -0.25) is 0 Å². The Labute approximate surface area is 286 Å². The van der Waals surface area contributed by atoms with Crippen LogP contribution in [0.1, 0.15) is 43.4 Å². The van der Waals surface area contributed by atoms with Gasteiger partial charge in [0.05, 0.1) is 0 Å². The zero-order valence-electron chi connectivity index (χ0n) is 29.1. The Morgan fingerprint density at radius 1 is 0.565 bits per heavy atom. The van der Waals surface area contributed by atoms with Crippen LogP contribution in [-0.4, -0.2) is 48.2 Å². The van der Waals surface area contributed by atoms with E-state index < -0.39 is 21.5 Å². The second-order valence-corrected chi connectivity index (χ2v) is 58.3. The van der Waals surface area contributed by atoms with Crippen LogP contribution in [0, 0.1) is 0 Å². The van der Waals surface area contributed by atoms with Crippen LogP contribution in [0.4, 0.5) is 11.4 Å². The molecule has 0 saturated carbocycles. The average Bonchev–Trinajstić information content (AvgIpc) is 3.52. The third kappa shape index (κ3) is 5.42. The molecule has 239 valence electrons. The summed E-state index contributed by atoms with van der Waals surface area (Å²) in [6, 6.07) is 31.6. The fraction of sp³-hybridized carbons (Fsp3) is 0.300. The van der Waals surface area contributed by atoms with Crippen LogP contribution in [-0.2, 0) is 15.6 Å². The molecule has 2 nitrogen and oxygen atoms in total. The molecular weight excluding hydrogens is 699 g/mol. The molecule has 0 saturated heterocycles. The standard InChI is InChI=1S/2C19H21N.C2H7Si.2ClH.Zr/c2*1-14-11-15-8-6-10-18(19(15)12-14)16-7-5-9-17(13-16)20(2,3)4;1-3-2;;;/h2*5-13H,1-4H3;3H,1-2H3;2*1H;/q2*+1;;;;+2/p-2. The molecule has 0 aromatic heterocycles. The summed E-state index contributed by atoms with van der Waals surface area (Å²) in [6.45, 7) is 9.41. The molecule has 4 aromatic rings. The van der Waals surface area contributed by atoms with Crippen LogP contribution in [0.15, 0.2) is 96.1 Å². The number of rotatable bonds is 7. The number of nitrogens with zero attached hydrogens (tertiary/aromatic N) is 2. The topological polar surface area (TPSA) is 0 Å². The Kier molecular flexibility index (Phi) is 8.49. The molecule has 0 spiro atoms. The number of allylic oxidation sites excluding steroid dienone is 2. The van der Waals surface area contributed by atoms with Gasteiger partial charge in [0.2, 0.25) is 0 Å². The Morgan fingerprint density at radius 2 is 0.935 bits per heavy atom. The second-order valence-electron chi connectivity index (χ2n) is 15.8. The monoisotopic (exact) mass is 745 g/mol. The molecule has 6 rings (SSSR count). The zero-order valence-corrected chi connectivity index (χ0v) is 34.2. The van der Waals surface area contributed by atoms with E-state index in [2.05, 4.69) is 166 Å². The predicted octanol–water partition coefficient (Wildman–Crippen LogP) is 11.0. The maximum absolute atomic E-state index is 8.50. The summed E-state index contributed by atoms with van der Waals surface area (Å²) in [5, 5.41) is 0. The molecule has 0 N–H and O–H groups in total. The van der Waals surface area contributed by atoms with Crippen molar-refractivity contribution in [2.45, 2.75) is 34.2 Å². The first-order valence-electron chi connectivity index (χ1n) is 16.5. The molecule has 0 fully saturated rings. The molecule has 2 unspecified atom stereocenters. The molecule has 4 aromatic carbocycles. The third-order valence-electron chi connectivity index (χ3n) is 10.6. The van der Waals surface area contributed by atoms with Gasteiger partial charge >= 0.3 is 288 Å². The van der Waals surface area contributed by atoms with E-state index in [1.54, 1.807) is 0 Å². The van der Waals surface area contributed by atoms with Crippen molar-refractivity contribution in [2.75, 3.05) is 42.3 Å². The minimum atomic E-state index is -4.75. The van der Waals surface area contributed by atoms with E-state index in [0.717, 1.165) is 8.97 Å². The molecule has 0 aliphatic heterocycles. The van der Waals surface area contributed by atoms with Gasteiger partial charge in [0.25, 0.3) is 0 Å². The number of quaternary nitrogens is 2. The normalized spacial score (nSPS) is 18.9. The van der Waals surface area contributed by atoms with Crippen LogP contribution < -0.4 is 8.97 Å². The number of hydrogen-bond acceptors (Lipinski definition) is 0. The van der Waals surface area contributed by atoms with Crippen LogP contribution >= 0.6 is 17.0 Å². The number of halogens is 2. The van der Waals surface area contributed by atoms with Crippen molar-refractivity contribution < 1.29 is 15.6 Å². The van der Waals surface area contributed by atoms with Crippen molar-refractivity contribution in [3.8, 4) is 22.3 Å². The van der Waals surface area contributed by atoms with E-state index in [1.165, 1.54) is 67.0 Å². The summed E-state index contributed by atoms with van der Waals surface area (Å²) in [4.78, 5) is 0. The molecule has 46 heavy (non-hydrogen) atoms. The molecule has 2 aliphatic rings. The predicted molar refractivity (Wildman–Crippen MR) is 206 cm³/mol. The van der Waals surface area contributed by atoms with Gasteiger partial charge in [-0.15, -0.1) is 0 Å². The maximum atomic E-state index is 8.50. The molecule has 2 aliphatic carbocycles. The van der Waals surface area contributed by atoms with Gasteiger partial charge in [-0.05, 0) is 0 Å². The van der Waals surface area contributed by atoms with E-state index in [4.69, 9.17) is 17.0 Å². The van der Waals surface area contributed by atoms with Gasteiger partial charge in [0, 0.05) is 0 Å². The summed E-state index contributed by atoms with van der Waals surface area (Å²) in [5.41, 5.74) is 15.5. The summed E-state index contributed by atoms with van der Waals surface area (Å²) in [6.07, 6.45) is 4.81. The first kappa shape index (κ1) is 33.8. The SMILES string of the molecule is CC1=Cc2c(-c3cccc([N+](C)(C)C)c3)cccc2[CH]1[Zr]([Cl])([Cl])([CH]1C(C)=Cc2c(-c3cccc([N+](C)(C)C)c3)cccc21)[SiH](C)C. The molecule has 0 amide bonds. The van der Waals surface area contributed by atoms with Crippen LogP contribution in [0.25, 0.3) is 34.4 Å². The fourth-order valence-corrected chi connectivity index (χ4v) is 41.0. The molecule has 0 radical (unpaired) electrons. The Bertz CT molecular complexity index is 1790. The first-order valence-corrected chi connectivity index (χ1v) is 32.8. The molecule has 6 heteroatoms. The molecule has 0 bridgehead atoms. The summed E-state index contributed by atoms with van der Waals surface area (Å²) in [7, 11) is 30.3. The van der Waals surface area contributed by atoms with Crippen molar-refractivity contribution >= 4 is 46.5 Å². The summed E-state index contributed by atoms with van der Waals surface area (Å²) >= 11 is -4.75. The minimum absolute atomic E-state index is 0.0810. The van der Waals surface area contributed by atoms with Gasteiger partial charge in [-0.1, -0.05) is 0 Å². The second kappa shape index (κ2) is 11.5. The summed E-state index contributed by atoms with van der Waals surface area (Å²) in [5.74, 6) is -1.60. The molecule has 2 atom stereocenters. The summed E-state index contributed by atoms with van der Waals surface area (Å²) < 4.78 is 1.71. The number of benzene rings is 4. The van der Waals surface area contributed by atoms with E-state index in [1.807, 2.05) is 0 Å².